The van der Waals surface area contributed by atoms with E-state index in [0.29, 0.717) is 5.57 Å². The van der Waals surface area contributed by atoms with Gasteiger partial charge in [-0.25, -0.2) is 0 Å². The van der Waals surface area contributed by atoms with Gasteiger partial charge < -0.3 is 19.7 Å². The van der Waals surface area contributed by atoms with Crippen LogP contribution in [0.15, 0.2) is 23.8 Å². The van der Waals surface area contributed by atoms with Crippen LogP contribution in [-0.4, -0.2) is 36.0 Å². The first-order valence-corrected chi connectivity index (χ1v) is 5.16. The van der Waals surface area contributed by atoms with Gasteiger partial charge in [0.1, 0.15) is 0 Å². The lowest BCUT2D eigenvalue weighted by molar-refractivity contribution is -0.149. The van der Waals surface area contributed by atoms with E-state index in [1.54, 1.807) is 0 Å². The molecule has 1 aliphatic rings. The summed E-state index contributed by atoms with van der Waals surface area (Å²) in [6.07, 6.45) is 4.25. The van der Waals surface area contributed by atoms with E-state index < -0.39 is 11.6 Å². The van der Waals surface area contributed by atoms with Gasteiger partial charge in [-0.05, 0) is 29.2 Å². The molecule has 0 radical (unpaired) electrons. The van der Waals surface area contributed by atoms with Crippen LogP contribution < -0.4 is 0 Å². The number of rotatable bonds is 2. The van der Waals surface area contributed by atoms with Crippen LogP contribution in [0.5, 0.6) is 0 Å². The van der Waals surface area contributed by atoms with E-state index in [4.69, 9.17) is 9.47 Å². The highest BCUT2D eigenvalue weighted by Crippen LogP contribution is 2.40. The third-order valence-electron chi connectivity index (χ3n) is 2.73. The van der Waals surface area contributed by atoms with Crippen LogP contribution in [0.25, 0.3) is 0 Å². The Labute approximate surface area is 96.2 Å². The molecule has 0 spiro atoms. The van der Waals surface area contributed by atoms with Gasteiger partial charge in [0, 0.05) is 14.2 Å². The van der Waals surface area contributed by atoms with Crippen LogP contribution in [0.2, 0.25) is 0 Å². The second-order valence-electron chi connectivity index (χ2n) is 5.00. The zero-order chi connectivity index (χ0) is 12.6. The Hall–Kier alpha value is -0.680. The molecule has 1 aliphatic carbocycles. The van der Waals surface area contributed by atoms with Gasteiger partial charge in [0.05, 0.1) is 0 Å². The predicted molar refractivity (Wildman–Crippen MR) is 60.6 cm³/mol. The minimum atomic E-state index is -1.48. The maximum Gasteiger partial charge on any atom is 0.209 e. The average molecular weight is 228 g/mol. The average Bonchev–Trinajstić information content (AvgIpc) is 2.21. The molecule has 0 aliphatic heterocycles. The summed E-state index contributed by atoms with van der Waals surface area (Å²) in [5.74, 6) is -2.96. The highest BCUT2D eigenvalue weighted by atomic mass is 16.6. The molecular weight excluding hydrogens is 208 g/mol. The van der Waals surface area contributed by atoms with Crippen LogP contribution >= 0.6 is 0 Å². The molecule has 0 bridgehead atoms. The van der Waals surface area contributed by atoms with Crippen LogP contribution in [0.1, 0.15) is 20.8 Å². The number of methoxy groups -OCH3 is 2. The highest BCUT2D eigenvalue weighted by Gasteiger charge is 2.42. The van der Waals surface area contributed by atoms with Gasteiger partial charge >= 0.3 is 0 Å². The molecule has 2 atom stereocenters. The third-order valence-corrected chi connectivity index (χ3v) is 2.73. The van der Waals surface area contributed by atoms with E-state index in [0.717, 1.165) is 0 Å². The van der Waals surface area contributed by atoms with Crippen LogP contribution in [0.4, 0.5) is 0 Å². The van der Waals surface area contributed by atoms with Crippen LogP contribution in [0.3, 0.4) is 0 Å². The fourth-order valence-electron chi connectivity index (χ4n) is 1.74. The van der Waals surface area contributed by atoms with Gasteiger partial charge in [0.2, 0.25) is 11.6 Å². The zero-order valence-electron chi connectivity index (χ0n) is 10.4. The van der Waals surface area contributed by atoms with E-state index in [-0.39, 0.29) is 5.41 Å². The van der Waals surface area contributed by atoms with Gasteiger partial charge in [0.25, 0.3) is 0 Å². The van der Waals surface area contributed by atoms with Gasteiger partial charge in [0.15, 0.2) is 0 Å². The summed E-state index contributed by atoms with van der Waals surface area (Å²) in [5, 5.41) is 20.2. The number of hydrogen-bond donors (Lipinski definition) is 2. The van der Waals surface area contributed by atoms with E-state index in [2.05, 4.69) is 0 Å². The second-order valence-corrected chi connectivity index (χ2v) is 5.00. The normalized spacial score (nSPS) is 35.1. The first-order valence-electron chi connectivity index (χ1n) is 5.16. The quantitative estimate of drug-likeness (QED) is 0.551. The summed E-state index contributed by atoms with van der Waals surface area (Å²) in [6, 6.07) is 0. The molecule has 0 aromatic carbocycles. The molecule has 0 saturated carbocycles. The Balaban J connectivity index is 3.24. The van der Waals surface area contributed by atoms with Crippen molar-refractivity contribution in [1.29, 1.82) is 0 Å². The van der Waals surface area contributed by atoms with Crippen molar-refractivity contribution < 1.29 is 19.7 Å². The monoisotopic (exact) mass is 228 g/mol. The highest BCUT2D eigenvalue weighted by molar-refractivity contribution is 5.35. The molecule has 4 nitrogen and oxygen atoms in total. The minimum Gasteiger partial charge on any atom is -0.359 e. The van der Waals surface area contributed by atoms with Crippen molar-refractivity contribution in [2.24, 2.45) is 5.41 Å². The molecule has 0 aromatic heterocycles. The topological polar surface area (TPSA) is 58.9 Å². The summed E-state index contributed by atoms with van der Waals surface area (Å²) < 4.78 is 10.1. The molecule has 0 heterocycles. The smallest absolute Gasteiger partial charge is 0.209 e. The third kappa shape index (κ3) is 2.35. The predicted octanol–water partition coefficient (Wildman–Crippen LogP) is 1.20. The maximum absolute atomic E-state index is 10.3. The van der Waals surface area contributed by atoms with Gasteiger partial charge in [-0.3, -0.25) is 0 Å². The Morgan fingerprint density at radius 2 is 1.62 bits per heavy atom. The second kappa shape index (κ2) is 3.96. The van der Waals surface area contributed by atoms with E-state index in [9.17, 15) is 10.2 Å². The summed E-state index contributed by atoms with van der Waals surface area (Å²) in [7, 11) is 2.82. The summed E-state index contributed by atoms with van der Waals surface area (Å²) in [5.41, 5.74) is 0.219. The SMILES string of the molecule is COC1(O)C=CC(O)(OC)C(C(C)(C)C)=C1. The first-order chi connectivity index (χ1) is 7.17. The van der Waals surface area contributed by atoms with Crippen LogP contribution in [0, 0.1) is 5.41 Å². The first kappa shape index (κ1) is 13.4. The maximum atomic E-state index is 10.3. The van der Waals surface area contributed by atoms with Gasteiger partial charge in [-0.1, -0.05) is 20.8 Å². The molecule has 2 unspecified atom stereocenters. The molecule has 4 heteroatoms. The van der Waals surface area contributed by atoms with E-state index in [1.165, 1.54) is 32.4 Å². The lowest BCUT2D eigenvalue weighted by atomic mass is 9.77. The molecule has 0 amide bonds. The Bertz CT molecular complexity index is 326. The lowest BCUT2D eigenvalue weighted by Crippen LogP contribution is -2.43. The van der Waals surface area contributed by atoms with E-state index >= 15 is 0 Å². The fraction of sp³-hybridized carbons (Fsp3) is 0.667. The van der Waals surface area contributed by atoms with Crippen molar-refractivity contribution in [3.63, 3.8) is 0 Å². The zero-order valence-corrected chi connectivity index (χ0v) is 10.4. The lowest BCUT2D eigenvalue weighted by Gasteiger charge is -2.39. The molecule has 2 N–H and O–H groups in total. The molecule has 92 valence electrons. The Morgan fingerprint density at radius 3 is 2.00 bits per heavy atom. The summed E-state index contributed by atoms with van der Waals surface area (Å²) in [6.45, 7) is 5.79. The van der Waals surface area contributed by atoms with Gasteiger partial charge in [-0.15, -0.1) is 0 Å². The van der Waals surface area contributed by atoms with Crippen molar-refractivity contribution in [2.45, 2.75) is 32.3 Å². The molecule has 0 fully saturated rings. The summed E-state index contributed by atoms with van der Waals surface area (Å²) >= 11 is 0. The Morgan fingerprint density at radius 1 is 1.06 bits per heavy atom. The number of aliphatic hydroxyl groups is 2. The van der Waals surface area contributed by atoms with Gasteiger partial charge in [-0.2, -0.15) is 0 Å². The van der Waals surface area contributed by atoms with E-state index in [1.807, 2.05) is 20.8 Å². The Kier molecular flexibility index (Phi) is 3.32. The molecule has 0 saturated heterocycles. The molecule has 0 aromatic rings. The molecule has 16 heavy (non-hydrogen) atoms. The van der Waals surface area contributed by atoms with Crippen LogP contribution in [-0.2, 0) is 9.47 Å². The van der Waals surface area contributed by atoms with Crippen molar-refractivity contribution in [3.8, 4) is 0 Å². The molecular formula is C12H20O4. The van der Waals surface area contributed by atoms with Crippen molar-refractivity contribution in [2.75, 3.05) is 14.2 Å². The largest absolute Gasteiger partial charge is 0.359 e. The number of hydrogen-bond acceptors (Lipinski definition) is 4. The summed E-state index contributed by atoms with van der Waals surface area (Å²) in [4.78, 5) is 0. The fourth-order valence-corrected chi connectivity index (χ4v) is 1.74. The van der Waals surface area contributed by atoms with Crippen molar-refractivity contribution >= 4 is 0 Å². The van der Waals surface area contributed by atoms with Crippen molar-refractivity contribution in [1.82, 2.24) is 0 Å². The standard InChI is InChI=1S/C12H20O4/c1-10(2,3)9-8-11(13,15-4)6-7-12(9,14)16-5/h6-8,13-14H,1-5H3. The minimum absolute atomic E-state index is 0.345. The van der Waals surface area contributed by atoms with Crippen molar-refractivity contribution in [3.05, 3.63) is 23.8 Å². The number of ether oxygens (including phenoxy) is 2. The molecule has 1 rings (SSSR count).